The Morgan fingerprint density at radius 1 is 1.39 bits per heavy atom. The fraction of sp³-hybridized carbons (Fsp3) is 0.692. The first kappa shape index (κ1) is 15.6. The van der Waals surface area contributed by atoms with Gasteiger partial charge < -0.3 is 9.72 Å². The Labute approximate surface area is 122 Å². The molecule has 4 nitrogen and oxygen atoms in total. The van der Waals surface area contributed by atoms with Crippen LogP contribution in [-0.4, -0.2) is 16.6 Å². The molecule has 0 aliphatic carbocycles. The van der Waals surface area contributed by atoms with E-state index in [1.54, 1.807) is 0 Å². The Kier molecular flexibility index (Phi) is 5.33. The van der Waals surface area contributed by atoms with Crippen molar-refractivity contribution in [3.8, 4) is 0 Å². The van der Waals surface area contributed by atoms with Crippen LogP contribution in [0.2, 0.25) is 0 Å². The number of halogens is 1. The fourth-order valence-electron chi connectivity index (χ4n) is 1.79. The van der Waals surface area contributed by atoms with Crippen LogP contribution in [0.1, 0.15) is 52.2 Å². The molecule has 0 aliphatic rings. The molecule has 0 spiro atoms. The van der Waals surface area contributed by atoms with Gasteiger partial charge in [-0.1, -0.05) is 27.7 Å². The van der Waals surface area contributed by atoms with Crippen LogP contribution >= 0.6 is 22.6 Å². The summed E-state index contributed by atoms with van der Waals surface area (Å²) in [5.41, 5.74) is 0.652. The molecule has 18 heavy (non-hydrogen) atoms. The second-order valence-corrected chi connectivity index (χ2v) is 6.35. The zero-order valence-electron chi connectivity index (χ0n) is 11.6. The second-order valence-electron chi connectivity index (χ2n) is 5.27. The minimum atomic E-state index is -0.197. The molecule has 0 aliphatic heterocycles. The van der Waals surface area contributed by atoms with E-state index in [-0.39, 0.29) is 17.1 Å². The van der Waals surface area contributed by atoms with Gasteiger partial charge in [-0.05, 0) is 41.4 Å². The summed E-state index contributed by atoms with van der Waals surface area (Å²) < 4.78 is 6.42. The molecule has 102 valence electrons. The van der Waals surface area contributed by atoms with E-state index in [2.05, 4.69) is 30.7 Å². The summed E-state index contributed by atoms with van der Waals surface area (Å²) >= 11 is 2.04. The summed E-state index contributed by atoms with van der Waals surface area (Å²) in [4.78, 5) is 19.3. The van der Waals surface area contributed by atoms with Gasteiger partial charge in [0.2, 0.25) is 0 Å². The molecule has 0 aromatic carbocycles. The summed E-state index contributed by atoms with van der Waals surface area (Å²) in [6, 6.07) is 0. The minimum absolute atomic E-state index is 0.0774. The highest BCUT2D eigenvalue weighted by molar-refractivity contribution is 14.1. The van der Waals surface area contributed by atoms with Crippen LogP contribution < -0.4 is 5.56 Å². The van der Waals surface area contributed by atoms with E-state index in [4.69, 9.17) is 4.74 Å². The standard InChI is InChI=1S/C13H21IN2O2/c1-6-8-9(14)12(17)16-11(15-8)10(18-7-2)13(3,4)5/h10H,6-7H2,1-5H3,(H,15,16,17). The summed E-state index contributed by atoms with van der Waals surface area (Å²) in [5.74, 6) is 0.631. The highest BCUT2D eigenvalue weighted by atomic mass is 127. The number of nitrogens with zero attached hydrogens (tertiary/aromatic N) is 1. The number of ether oxygens (including phenoxy) is 1. The lowest BCUT2D eigenvalue weighted by molar-refractivity contribution is -0.0194. The Bertz CT molecular complexity index is 463. The molecule has 1 rings (SSSR count). The van der Waals surface area contributed by atoms with E-state index in [0.717, 1.165) is 12.1 Å². The van der Waals surface area contributed by atoms with E-state index in [1.807, 2.05) is 36.4 Å². The van der Waals surface area contributed by atoms with Gasteiger partial charge in [-0.2, -0.15) is 0 Å². The van der Waals surface area contributed by atoms with Crippen LogP contribution in [-0.2, 0) is 11.2 Å². The van der Waals surface area contributed by atoms with E-state index < -0.39 is 0 Å². The van der Waals surface area contributed by atoms with Crippen LogP contribution in [0.5, 0.6) is 0 Å². The first-order valence-corrected chi connectivity index (χ1v) is 7.29. The predicted octanol–water partition coefficient (Wildman–Crippen LogP) is 3.06. The number of nitrogens with one attached hydrogen (secondary N) is 1. The maximum absolute atomic E-state index is 11.9. The average Bonchev–Trinajstić information content (AvgIpc) is 2.28. The average molecular weight is 364 g/mol. The van der Waals surface area contributed by atoms with Gasteiger partial charge in [0.25, 0.3) is 5.56 Å². The molecule has 1 atom stereocenters. The zero-order valence-corrected chi connectivity index (χ0v) is 13.8. The van der Waals surface area contributed by atoms with E-state index >= 15 is 0 Å². The number of rotatable bonds is 4. The number of H-pyrrole nitrogens is 1. The number of hydrogen-bond acceptors (Lipinski definition) is 3. The lowest BCUT2D eigenvalue weighted by Gasteiger charge is -2.29. The Morgan fingerprint density at radius 3 is 2.44 bits per heavy atom. The number of hydrogen-bond donors (Lipinski definition) is 1. The van der Waals surface area contributed by atoms with Gasteiger partial charge in [-0.15, -0.1) is 0 Å². The van der Waals surface area contributed by atoms with Crippen molar-refractivity contribution >= 4 is 22.6 Å². The van der Waals surface area contributed by atoms with Crippen LogP contribution in [0, 0.1) is 8.99 Å². The van der Waals surface area contributed by atoms with E-state index in [9.17, 15) is 4.79 Å². The third kappa shape index (κ3) is 3.54. The van der Waals surface area contributed by atoms with Crippen molar-refractivity contribution in [1.82, 2.24) is 9.97 Å². The Balaban J connectivity index is 3.29. The quantitative estimate of drug-likeness (QED) is 0.836. The summed E-state index contributed by atoms with van der Waals surface area (Å²) in [5, 5.41) is 0. The third-order valence-electron chi connectivity index (χ3n) is 2.65. The number of aryl methyl sites for hydroxylation is 1. The molecule has 1 unspecified atom stereocenters. The van der Waals surface area contributed by atoms with Crippen LogP contribution in [0.4, 0.5) is 0 Å². The molecule has 1 N–H and O–H groups in total. The molecular weight excluding hydrogens is 343 g/mol. The number of aromatic amines is 1. The van der Waals surface area contributed by atoms with Crippen molar-refractivity contribution in [2.24, 2.45) is 5.41 Å². The lowest BCUT2D eigenvalue weighted by Crippen LogP contribution is -2.28. The minimum Gasteiger partial charge on any atom is -0.370 e. The van der Waals surface area contributed by atoms with Crippen LogP contribution in [0.3, 0.4) is 0 Å². The first-order valence-electron chi connectivity index (χ1n) is 6.21. The molecule has 1 aromatic heterocycles. The highest BCUT2D eigenvalue weighted by Crippen LogP contribution is 2.34. The van der Waals surface area contributed by atoms with Gasteiger partial charge in [-0.3, -0.25) is 4.79 Å². The molecule has 1 heterocycles. The third-order valence-corrected chi connectivity index (χ3v) is 3.77. The maximum Gasteiger partial charge on any atom is 0.264 e. The lowest BCUT2D eigenvalue weighted by atomic mass is 9.88. The first-order chi connectivity index (χ1) is 8.31. The highest BCUT2D eigenvalue weighted by Gasteiger charge is 2.29. The topological polar surface area (TPSA) is 55.0 Å². The summed E-state index contributed by atoms with van der Waals surface area (Å²) in [6.07, 6.45) is 0.551. The molecular formula is C13H21IN2O2. The van der Waals surface area contributed by atoms with Crippen molar-refractivity contribution in [1.29, 1.82) is 0 Å². The van der Waals surface area contributed by atoms with Crippen molar-refractivity contribution in [3.05, 3.63) is 25.4 Å². The monoisotopic (exact) mass is 364 g/mol. The Morgan fingerprint density at radius 2 is 2.00 bits per heavy atom. The maximum atomic E-state index is 11.9. The van der Waals surface area contributed by atoms with Crippen molar-refractivity contribution in [2.75, 3.05) is 6.61 Å². The van der Waals surface area contributed by atoms with Gasteiger partial charge in [-0.25, -0.2) is 4.98 Å². The summed E-state index contributed by atoms with van der Waals surface area (Å²) in [7, 11) is 0. The van der Waals surface area contributed by atoms with Gasteiger partial charge in [0.1, 0.15) is 11.9 Å². The molecule has 0 saturated heterocycles. The van der Waals surface area contributed by atoms with Crippen LogP contribution in [0.15, 0.2) is 4.79 Å². The van der Waals surface area contributed by atoms with Gasteiger partial charge in [0.15, 0.2) is 0 Å². The normalized spacial score (nSPS) is 13.7. The molecule has 5 heteroatoms. The molecule has 0 amide bonds. The largest absolute Gasteiger partial charge is 0.370 e. The smallest absolute Gasteiger partial charge is 0.264 e. The van der Waals surface area contributed by atoms with Gasteiger partial charge >= 0.3 is 0 Å². The second kappa shape index (κ2) is 6.14. The predicted molar refractivity (Wildman–Crippen MR) is 80.8 cm³/mol. The fourth-order valence-corrected chi connectivity index (χ4v) is 2.43. The molecule has 0 saturated carbocycles. The van der Waals surface area contributed by atoms with Crippen molar-refractivity contribution < 1.29 is 4.74 Å². The molecule has 0 fully saturated rings. The van der Waals surface area contributed by atoms with Crippen molar-refractivity contribution in [3.63, 3.8) is 0 Å². The zero-order chi connectivity index (χ0) is 13.9. The van der Waals surface area contributed by atoms with Crippen molar-refractivity contribution in [2.45, 2.75) is 47.1 Å². The SMILES string of the molecule is CCOC(c1nc(CC)c(I)c(=O)[nH]1)C(C)(C)C. The molecule has 0 radical (unpaired) electrons. The molecule has 1 aromatic rings. The Hall–Kier alpha value is -0.430. The van der Waals surface area contributed by atoms with E-state index in [1.165, 1.54) is 0 Å². The summed E-state index contributed by atoms with van der Waals surface area (Å²) in [6.45, 7) is 10.8. The van der Waals surface area contributed by atoms with Gasteiger partial charge in [0.05, 0.1) is 9.26 Å². The molecule has 0 bridgehead atoms. The van der Waals surface area contributed by atoms with Gasteiger partial charge in [0, 0.05) is 6.61 Å². The van der Waals surface area contributed by atoms with E-state index in [0.29, 0.717) is 16.0 Å². The van der Waals surface area contributed by atoms with Crippen LogP contribution in [0.25, 0.3) is 0 Å². The number of aromatic nitrogens is 2.